The third-order valence-corrected chi connectivity index (χ3v) is 8.14. The number of rotatable bonds is 13. The predicted octanol–water partition coefficient (Wildman–Crippen LogP) is 1.76. The number of fused-ring (bicyclic) bond motifs is 1. The number of ether oxygens (including phenoxy) is 4. The van der Waals surface area contributed by atoms with E-state index in [-0.39, 0.29) is 35.8 Å². The van der Waals surface area contributed by atoms with Crippen LogP contribution >= 0.6 is 11.8 Å². The first kappa shape index (κ1) is 31.6. The van der Waals surface area contributed by atoms with Crippen LogP contribution in [-0.4, -0.2) is 92.0 Å². The van der Waals surface area contributed by atoms with Crippen LogP contribution in [0.1, 0.15) is 39.6 Å². The summed E-state index contributed by atoms with van der Waals surface area (Å²) in [5, 5.41) is 23.6. The zero-order valence-corrected chi connectivity index (χ0v) is 25.4. The minimum Gasteiger partial charge on any atom is -0.493 e. The fourth-order valence-corrected chi connectivity index (χ4v) is 5.57. The first-order valence-electron chi connectivity index (χ1n) is 13.8. The van der Waals surface area contributed by atoms with Gasteiger partial charge in [0.25, 0.3) is 17.5 Å². The molecule has 2 amide bonds. The second-order valence-corrected chi connectivity index (χ2v) is 10.9. The van der Waals surface area contributed by atoms with Crippen molar-refractivity contribution in [1.82, 2.24) is 30.4 Å². The maximum Gasteiger partial charge on any atom is 0.355 e. The number of aromatic nitrogens is 4. The molecule has 5 rings (SSSR count). The normalized spacial score (nSPS) is 19.0. The predicted molar refractivity (Wildman–Crippen MR) is 156 cm³/mol. The molecule has 0 spiro atoms. The number of para-hydroxylation sites is 1. The second-order valence-electron chi connectivity index (χ2n) is 9.98. The Balaban J connectivity index is 1.40. The molecule has 2 N–H and O–H groups in total. The number of aryl methyl sites for hydroxylation is 1. The van der Waals surface area contributed by atoms with Crippen molar-refractivity contribution in [3.8, 4) is 5.75 Å². The molecule has 236 valence electrons. The fourth-order valence-electron chi connectivity index (χ4n) is 4.73. The number of carbonyl (C=O) groups is 4. The zero-order chi connectivity index (χ0) is 32.1. The van der Waals surface area contributed by atoms with Gasteiger partial charge < -0.3 is 29.4 Å². The van der Waals surface area contributed by atoms with Crippen molar-refractivity contribution in [2.75, 3.05) is 26.1 Å². The minimum absolute atomic E-state index is 0.0605. The lowest BCUT2D eigenvalue weighted by Gasteiger charge is -2.55. The quantitative estimate of drug-likeness (QED) is 0.120. The monoisotopic (exact) mass is 638 g/mol. The van der Waals surface area contributed by atoms with E-state index in [2.05, 4.69) is 20.8 Å². The molecule has 1 aromatic heterocycles. The van der Waals surface area contributed by atoms with Gasteiger partial charge in [0.1, 0.15) is 18.1 Å². The summed E-state index contributed by atoms with van der Waals surface area (Å²) in [5.41, 5.74) is -0.748. The van der Waals surface area contributed by atoms with Gasteiger partial charge in [0, 0.05) is 19.9 Å². The Morgan fingerprint density at radius 1 is 1.18 bits per heavy atom. The Morgan fingerprint density at radius 3 is 2.60 bits per heavy atom. The molecule has 0 unspecified atom stereocenters. The van der Waals surface area contributed by atoms with Crippen LogP contribution < -0.4 is 10.1 Å². The maximum absolute atomic E-state index is 13.8. The number of hydrogen-bond donors (Lipinski definition) is 2. The first-order valence-corrected chi connectivity index (χ1v) is 14.8. The number of tetrazole rings is 1. The van der Waals surface area contributed by atoms with Crippen LogP contribution in [0.3, 0.4) is 0 Å². The highest BCUT2D eigenvalue weighted by molar-refractivity contribution is 7.99. The van der Waals surface area contributed by atoms with Crippen molar-refractivity contribution in [3.05, 3.63) is 76.5 Å². The number of nitrogens with one attached hydrogen (secondary N) is 1. The van der Waals surface area contributed by atoms with E-state index in [1.807, 2.05) is 6.92 Å². The average molecular weight is 639 g/mol. The van der Waals surface area contributed by atoms with E-state index in [0.717, 1.165) is 11.3 Å². The van der Waals surface area contributed by atoms with Gasteiger partial charge in [0.2, 0.25) is 5.16 Å². The molecular formula is C29H30N6O9S. The van der Waals surface area contributed by atoms with Gasteiger partial charge in [-0.15, -0.1) is 5.10 Å². The van der Waals surface area contributed by atoms with Gasteiger partial charge >= 0.3 is 11.9 Å². The van der Waals surface area contributed by atoms with Crippen molar-refractivity contribution in [2.24, 2.45) is 7.05 Å². The van der Waals surface area contributed by atoms with Gasteiger partial charge in [0.15, 0.2) is 6.23 Å². The number of carbonyl (C=O) groups excluding carboxylic acids is 3. The van der Waals surface area contributed by atoms with E-state index < -0.39 is 35.7 Å². The molecule has 3 heterocycles. The van der Waals surface area contributed by atoms with Gasteiger partial charge in [-0.1, -0.05) is 43.0 Å². The first-order chi connectivity index (χ1) is 21.7. The topological polar surface area (TPSA) is 184 Å². The van der Waals surface area contributed by atoms with Crippen LogP contribution in [0.4, 0.5) is 0 Å². The van der Waals surface area contributed by atoms with Gasteiger partial charge in [-0.25, -0.2) is 14.3 Å². The molecule has 16 heteroatoms. The molecule has 15 nitrogen and oxygen atoms in total. The molecule has 2 aliphatic heterocycles. The molecular weight excluding hydrogens is 608 g/mol. The van der Waals surface area contributed by atoms with Crippen LogP contribution in [0, 0.1) is 0 Å². The van der Waals surface area contributed by atoms with Crippen LogP contribution in [0.2, 0.25) is 0 Å². The molecule has 2 aromatic carbocycles. The van der Waals surface area contributed by atoms with Crippen LogP contribution in [0.15, 0.2) is 65.0 Å². The Hall–Kier alpha value is -4.80. The molecule has 0 radical (unpaired) electrons. The number of hydrogen-bond acceptors (Lipinski definition) is 12. The summed E-state index contributed by atoms with van der Waals surface area (Å²) in [7, 11) is 2.92. The molecule has 45 heavy (non-hydrogen) atoms. The molecule has 3 aromatic rings. The SMILES string of the molecule is CCCOc1ccccc1C(=O)N[C@]1(OC)C(=O)N2C(C(=O)OCc3ccc(C(=O)O)cc3)=C(CSc3nnnn3C)CO[C@@H]21. The Bertz CT molecular complexity index is 1640. The van der Waals surface area contributed by atoms with Crippen molar-refractivity contribution in [2.45, 2.75) is 37.1 Å². The third-order valence-electron chi connectivity index (χ3n) is 7.05. The number of thioether (sulfide) groups is 1. The number of methoxy groups -OCH3 is 1. The molecule has 2 atom stereocenters. The highest BCUT2D eigenvalue weighted by Gasteiger charge is 2.67. The second kappa shape index (κ2) is 13.5. The van der Waals surface area contributed by atoms with Gasteiger partial charge in [-0.05, 0) is 52.2 Å². The minimum atomic E-state index is -1.93. The molecule has 1 saturated heterocycles. The van der Waals surface area contributed by atoms with E-state index in [4.69, 9.17) is 24.1 Å². The Labute approximate surface area is 261 Å². The van der Waals surface area contributed by atoms with Crippen molar-refractivity contribution in [3.63, 3.8) is 0 Å². The van der Waals surface area contributed by atoms with Crippen LogP contribution in [-0.2, 0) is 37.5 Å². The molecule has 0 aliphatic carbocycles. The number of nitrogens with zero attached hydrogens (tertiary/aromatic N) is 5. The Morgan fingerprint density at radius 2 is 1.93 bits per heavy atom. The van der Waals surface area contributed by atoms with Crippen molar-refractivity contribution >= 4 is 35.5 Å². The lowest BCUT2D eigenvalue weighted by atomic mass is 9.94. The standard InChI is InChI=1S/C29H30N6O9S/c1-4-13-42-21-8-6-5-7-20(21)23(36)30-29(41-3)26(40)35-22(25(39)43-14-17-9-11-18(12-10-17)24(37)38)19(15-44-27(29)35)16-45-28-31-32-33-34(28)2/h5-12,27H,4,13-16H2,1-3H3,(H,30,36)(H,37,38)/t27-,29+/m1/s1. The number of carboxylic acids is 1. The lowest BCUT2D eigenvalue weighted by Crippen LogP contribution is -2.82. The number of esters is 1. The smallest absolute Gasteiger partial charge is 0.355 e. The van der Waals surface area contributed by atoms with Gasteiger partial charge in [-0.3, -0.25) is 14.5 Å². The highest BCUT2D eigenvalue weighted by atomic mass is 32.2. The van der Waals surface area contributed by atoms with E-state index in [9.17, 15) is 19.2 Å². The van der Waals surface area contributed by atoms with Crippen LogP contribution in [0.25, 0.3) is 0 Å². The Kier molecular flexibility index (Phi) is 9.45. The van der Waals surface area contributed by atoms with Crippen molar-refractivity contribution < 1.29 is 43.2 Å². The van der Waals surface area contributed by atoms with Gasteiger partial charge in [0.05, 0.1) is 24.3 Å². The number of β-lactam (4-membered cyclic amide) rings is 1. The van der Waals surface area contributed by atoms with E-state index in [1.54, 1.807) is 31.3 Å². The van der Waals surface area contributed by atoms with Crippen molar-refractivity contribution in [1.29, 1.82) is 0 Å². The third kappa shape index (κ3) is 6.25. The number of aromatic carboxylic acids is 1. The molecule has 1 fully saturated rings. The summed E-state index contributed by atoms with van der Waals surface area (Å²) in [6.07, 6.45) is -0.459. The molecule has 2 aliphatic rings. The largest absolute Gasteiger partial charge is 0.493 e. The van der Waals surface area contributed by atoms with E-state index in [1.165, 1.54) is 47.8 Å². The highest BCUT2D eigenvalue weighted by Crippen LogP contribution is 2.42. The summed E-state index contributed by atoms with van der Waals surface area (Å²) in [6.45, 7) is 2.04. The van der Waals surface area contributed by atoms with Gasteiger partial charge in [-0.2, -0.15) is 0 Å². The number of carboxylic acid groups (broad SMARTS) is 1. The fraction of sp³-hybridized carbons (Fsp3) is 0.345. The average Bonchev–Trinajstić information content (AvgIpc) is 3.47. The maximum atomic E-state index is 13.8. The summed E-state index contributed by atoms with van der Waals surface area (Å²) in [6, 6.07) is 12.5. The molecule has 0 bridgehead atoms. The summed E-state index contributed by atoms with van der Waals surface area (Å²) in [5.74, 6) is -2.75. The number of amides is 2. The zero-order valence-electron chi connectivity index (χ0n) is 24.6. The van der Waals surface area contributed by atoms with Crippen LogP contribution in [0.5, 0.6) is 5.75 Å². The summed E-state index contributed by atoms with van der Waals surface area (Å²) >= 11 is 1.22. The van der Waals surface area contributed by atoms with E-state index >= 15 is 0 Å². The number of benzene rings is 2. The summed E-state index contributed by atoms with van der Waals surface area (Å²) < 4.78 is 24.3. The van der Waals surface area contributed by atoms with E-state index in [0.29, 0.717) is 28.6 Å². The molecule has 0 saturated carbocycles. The lowest BCUT2D eigenvalue weighted by molar-refractivity contribution is -0.256. The summed E-state index contributed by atoms with van der Waals surface area (Å²) in [4.78, 5) is 53.1.